The maximum atomic E-state index is 13.4. The molecule has 0 saturated carbocycles. The molecule has 3 N–H and O–H groups in total. The van der Waals surface area contributed by atoms with Crippen LogP contribution in [-0.4, -0.2) is 49.1 Å². The Labute approximate surface area is 220 Å². The highest BCUT2D eigenvalue weighted by atomic mass is 32.2. The Balaban J connectivity index is 1.32. The van der Waals surface area contributed by atoms with Crippen LogP contribution in [-0.2, 0) is 42.4 Å². The Morgan fingerprint density at radius 2 is 1.71 bits per heavy atom. The van der Waals surface area contributed by atoms with Gasteiger partial charge < -0.3 is 10.3 Å². The third-order valence-electron chi connectivity index (χ3n) is 7.05. The zero-order chi connectivity index (χ0) is 26.9. The lowest BCUT2D eigenvalue weighted by molar-refractivity contribution is -0.145. The number of hydrogen-bond donors (Lipinski definition) is 3. The third-order valence-corrected chi connectivity index (χ3v) is 8.46. The van der Waals surface area contributed by atoms with Crippen molar-refractivity contribution in [1.29, 1.82) is 0 Å². The normalized spacial score (nSPS) is 18.6. The highest BCUT2D eigenvalue weighted by molar-refractivity contribution is 7.87. The number of halogens is 3. The predicted octanol–water partition coefficient (Wildman–Crippen LogP) is 3.80. The smallest absolute Gasteiger partial charge is 0.307 e. The zero-order valence-corrected chi connectivity index (χ0v) is 21.5. The van der Waals surface area contributed by atoms with Crippen molar-refractivity contribution in [2.24, 2.45) is 0 Å². The highest BCUT2D eigenvalue weighted by Gasteiger charge is 2.34. The second-order valence-corrected chi connectivity index (χ2v) is 11.6. The zero-order valence-electron chi connectivity index (χ0n) is 20.7. The summed E-state index contributed by atoms with van der Waals surface area (Å²) in [4.78, 5) is 13.0. The van der Waals surface area contributed by atoms with Crippen LogP contribution in [0, 0.1) is 0 Å². The minimum atomic E-state index is -4.42. The Bertz CT molecular complexity index is 1300. The van der Waals surface area contributed by atoms with Crippen LogP contribution in [0.25, 0.3) is 0 Å². The van der Waals surface area contributed by atoms with Gasteiger partial charge in [0.15, 0.2) is 0 Å². The standard InChI is InChI=1S/C26H30F3N5O3S/c27-26(28,29)17-33-13-12-21(31-33)16-34(15-18-6-2-1-3-7-18)38(36,37)32-25(35)30-24-22-10-4-8-19(22)14-20-9-5-11-23(20)24/h1-3,6-7,12-14,21,31H,4-5,8-11,15-17H2,(H2,30,32,35). The summed E-state index contributed by atoms with van der Waals surface area (Å²) in [5.74, 6) is 0. The van der Waals surface area contributed by atoms with Crippen molar-refractivity contribution in [3.63, 3.8) is 0 Å². The van der Waals surface area contributed by atoms with Crippen molar-refractivity contribution in [2.75, 3.05) is 18.4 Å². The van der Waals surface area contributed by atoms with Gasteiger partial charge in [-0.25, -0.2) is 14.9 Å². The molecule has 0 radical (unpaired) electrons. The lowest BCUT2D eigenvalue weighted by Crippen LogP contribution is -2.50. The number of hydrazine groups is 1. The fraction of sp³-hybridized carbons (Fsp3) is 0.423. The van der Waals surface area contributed by atoms with Gasteiger partial charge in [0.25, 0.3) is 0 Å². The molecule has 0 saturated heterocycles. The van der Waals surface area contributed by atoms with Crippen LogP contribution >= 0.6 is 0 Å². The van der Waals surface area contributed by atoms with Gasteiger partial charge in [-0.2, -0.15) is 25.9 Å². The number of carbonyl (C=O) groups excluding carboxylic acids is 1. The lowest BCUT2D eigenvalue weighted by Gasteiger charge is -2.27. The summed E-state index contributed by atoms with van der Waals surface area (Å²) in [6, 6.07) is 9.45. The van der Waals surface area contributed by atoms with Crippen molar-refractivity contribution >= 4 is 21.9 Å². The van der Waals surface area contributed by atoms with E-state index in [9.17, 15) is 26.4 Å². The Morgan fingerprint density at radius 1 is 1.05 bits per heavy atom. The number of urea groups is 1. The van der Waals surface area contributed by atoms with Gasteiger partial charge in [-0.1, -0.05) is 36.4 Å². The molecule has 0 aromatic heterocycles. The van der Waals surface area contributed by atoms with Crippen molar-refractivity contribution in [2.45, 2.75) is 57.3 Å². The Kier molecular flexibility index (Phi) is 7.38. The van der Waals surface area contributed by atoms with E-state index >= 15 is 0 Å². The fourth-order valence-corrected chi connectivity index (χ4v) is 6.53. The Morgan fingerprint density at radius 3 is 2.34 bits per heavy atom. The van der Waals surface area contributed by atoms with E-state index in [-0.39, 0.29) is 13.1 Å². The largest absolute Gasteiger partial charge is 0.407 e. The average Bonchev–Trinajstić information content (AvgIpc) is 3.59. The van der Waals surface area contributed by atoms with Crippen LogP contribution in [0.15, 0.2) is 48.7 Å². The molecular formula is C26H30F3N5O3S. The van der Waals surface area contributed by atoms with Crippen molar-refractivity contribution in [3.8, 4) is 0 Å². The number of hydrogen-bond acceptors (Lipinski definition) is 5. The molecule has 38 heavy (non-hydrogen) atoms. The van der Waals surface area contributed by atoms with Crippen molar-refractivity contribution in [3.05, 3.63) is 76.5 Å². The molecule has 204 valence electrons. The number of carbonyl (C=O) groups is 1. The van der Waals surface area contributed by atoms with Crippen LogP contribution in [0.4, 0.5) is 23.7 Å². The van der Waals surface area contributed by atoms with Gasteiger partial charge in [0.2, 0.25) is 0 Å². The molecule has 1 aliphatic heterocycles. The first-order valence-electron chi connectivity index (χ1n) is 12.6. The molecule has 1 unspecified atom stereocenters. The molecule has 2 aromatic rings. The molecule has 5 rings (SSSR count). The first-order chi connectivity index (χ1) is 18.1. The number of fused-ring (bicyclic) bond motifs is 2. The number of rotatable bonds is 8. The summed E-state index contributed by atoms with van der Waals surface area (Å²) in [7, 11) is -4.35. The van der Waals surface area contributed by atoms with E-state index in [4.69, 9.17) is 0 Å². The topological polar surface area (TPSA) is 93.8 Å². The first-order valence-corrected chi connectivity index (χ1v) is 14.1. The summed E-state index contributed by atoms with van der Waals surface area (Å²) < 4.78 is 68.4. The van der Waals surface area contributed by atoms with Crippen molar-refractivity contribution in [1.82, 2.24) is 19.5 Å². The first kappa shape index (κ1) is 26.5. The van der Waals surface area contributed by atoms with Gasteiger partial charge >= 0.3 is 22.4 Å². The molecule has 0 fully saturated rings. The molecule has 8 nitrogen and oxygen atoms in total. The van der Waals surface area contributed by atoms with E-state index in [0.29, 0.717) is 5.56 Å². The molecule has 0 spiro atoms. The summed E-state index contributed by atoms with van der Waals surface area (Å²) in [6.07, 6.45) is 3.82. The SMILES string of the molecule is O=C(Nc1c2c(cc3c1CCC3)CCC2)NS(=O)(=O)N(Cc1ccccc1)CC1C=CN(CC(F)(F)F)N1. The molecule has 12 heteroatoms. The Hall–Kier alpha value is -3.09. The van der Waals surface area contributed by atoms with E-state index in [1.54, 1.807) is 30.3 Å². The molecule has 2 aliphatic carbocycles. The summed E-state index contributed by atoms with van der Waals surface area (Å²) in [6.45, 7) is -1.46. The highest BCUT2D eigenvalue weighted by Crippen LogP contribution is 2.38. The van der Waals surface area contributed by atoms with Crippen LogP contribution in [0.1, 0.15) is 40.7 Å². The van der Waals surface area contributed by atoms with Crippen LogP contribution in [0.2, 0.25) is 0 Å². The van der Waals surface area contributed by atoms with E-state index in [0.717, 1.165) is 64.7 Å². The summed E-state index contributed by atoms with van der Waals surface area (Å²) in [5.41, 5.74) is 8.60. The van der Waals surface area contributed by atoms with E-state index in [1.165, 1.54) is 23.4 Å². The molecule has 2 amide bonds. The number of alkyl halides is 3. The second kappa shape index (κ2) is 10.6. The molecule has 2 aromatic carbocycles. The van der Waals surface area contributed by atoms with Crippen molar-refractivity contribution < 1.29 is 26.4 Å². The second-order valence-electron chi connectivity index (χ2n) is 9.89. The van der Waals surface area contributed by atoms with Gasteiger partial charge in [0.05, 0.1) is 6.04 Å². The molecular weight excluding hydrogens is 519 g/mol. The van der Waals surface area contributed by atoms with E-state index in [2.05, 4.69) is 21.5 Å². The van der Waals surface area contributed by atoms with Gasteiger partial charge in [0.1, 0.15) is 6.54 Å². The van der Waals surface area contributed by atoms with Gasteiger partial charge in [0, 0.05) is 25.0 Å². The number of aryl methyl sites for hydroxylation is 2. The minimum Gasteiger partial charge on any atom is -0.307 e. The van der Waals surface area contributed by atoms with E-state index < -0.39 is 35.0 Å². The maximum Gasteiger partial charge on any atom is 0.407 e. The molecule has 0 bridgehead atoms. The number of benzene rings is 2. The number of nitrogens with one attached hydrogen (secondary N) is 3. The predicted molar refractivity (Wildman–Crippen MR) is 137 cm³/mol. The lowest BCUT2D eigenvalue weighted by atomic mass is 9.99. The monoisotopic (exact) mass is 549 g/mol. The number of amides is 2. The summed E-state index contributed by atoms with van der Waals surface area (Å²) in [5, 5.41) is 3.69. The van der Waals surface area contributed by atoms with E-state index in [1.807, 2.05) is 0 Å². The summed E-state index contributed by atoms with van der Waals surface area (Å²) >= 11 is 0. The minimum absolute atomic E-state index is 0.0646. The van der Waals surface area contributed by atoms with Gasteiger partial charge in [-0.15, -0.1) is 0 Å². The fourth-order valence-electron chi connectivity index (χ4n) is 5.44. The quantitative estimate of drug-likeness (QED) is 0.466. The van der Waals surface area contributed by atoms with Gasteiger partial charge in [-0.05, 0) is 72.4 Å². The van der Waals surface area contributed by atoms with Crippen LogP contribution in [0.3, 0.4) is 0 Å². The number of anilines is 1. The molecule has 1 heterocycles. The third kappa shape index (κ3) is 6.13. The van der Waals surface area contributed by atoms with Crippen LogP contribution in [0.5, 0.6) is 0 Å². The average molecular weight is 550 g/mol. The maximum absolute atomic E-state index is 13.4. The van der Waals surface area contributed by atoms with Gasteiger partial charge in [-0.3, -0.25) is 0 Å². The molecule has 3 aliphatic rings. The molecule has 1 atom stereocenters. The number of nitrogens with zero attached hydrogens (tertiary/aromatic N) is 2. The van der Waals surface area contributed by atoms with Crippen LogP contribution < -0.4 is 15.5 Å².